The molecular formula is C16H21N3O4S. The summed E-state index contributed by atoms with van der Waals surface area (Å²) in [7, 11) is 0. The van der Waals surface area contributed by atoms with Crippen LogP contribution in [0.1, 0.15) is 32.1 Å². The van der Waals surface area contributed by atoms with Crippen LogP contribution in [0.5, 0.6) is 0 Å². The van der Waals surface area contributed by atoms with Crippen molar-refractivity contribution in [2.45, 2.75) is 43.0 Å². The number of carbonyl (C=O) groups is 2. The van der Waals surface area contributed by atoms with Crippen molar-refractivity contribution in [2.75, 3.05) is 12.3 Å². The van der Waals surface area contributed by atoms with E-state index < -0.39 is 4.92 Å². The van der Waals surface area contributed by atoms with Gasteiger partial charge < -0.3 is 10.6 Å². The molecule has 1 aliphatic carbocycles. The Morgan fingerprint density at radius 3 is 2.46 bits per heavy atom. The number of nitro benzene ring substituents is 1. The highest BCUT2D eigenvalue weighted by Gasteiger charge is 2.16. The molecule has 0 bridgehead atoms. The van der Waals surface area contributed by atoms with Crippen LogP contribution in [0, 0.1) is 10.1 Å². The fourth-order valence-corrected chi connectivity index (χ4v) is 3.28. The van der Waals surface area contributed by atoms with E-state index in [1.165, 1.54) is 36.7 Å². The molecule has 2 rings (SSSR count). The van der Waals surface area contributed by atoms with Gasteiger partial charge in [-0.1, -0.05) is 12.8 Å². The Morgan fingerprint density at radius 2 is 1.83 bits per heavy atom. The number of non-ortho nitro benzene ring substituents is 1. The first-order chi connectivity index (χ1) is 11.5. The molecule has 130 valence electrons. The number of thioether (sulfide) groups is 1. The van der Waals surface area contributed by atoms with Crippen LogP contribution < -0.4 is 10.6 Å². The molecule has 0 heterocycles. The van der Waals surface area contributed by atoms with E-state index in [1.807, 2.05) is 0 Å². The molecule has 1 fully saturated rings. The summed E-state index contributed by atoms with van der Waals surface area (Å²) in [6.45, 7) is 0.318. The van der Waals surface area contributed by atoms with Crippen molar-refractivity contribution in [3.05, 3.63) is 34.4 Å². The van der Waals surface area contributed by atoms with Crippen molar-refractivity contribution in [1.82, 2.24) is 10.6 Å². The summed E-state index contributed by atoms with van der Waals surface area (Å²) >= 11 is 1.30. The van der Waals surface area contributed by atoms with E-state index in [0.717, 1.165) is 17.7 Å². The quantitative estimate of drug-likeness (QED) is 0.425. The Kier molecular flexibility index (Phi) is 7.05. The number of nitrogens with zero attached hydrogens (tertiary/aromatic N) is 1. The number of nitrogens with one attached hydrogen (secondary N) is 2. The molecule has 0 aliphatic heterocycles. The molecule has 0 spiro atoms. The molecule has 1 aliphatic rings. The number of hydrogen-bond acceptors (Lipinski definition) is 5. The maximum atomic E-state index is 11.7. The van der Waals surface area contributed by atoms with Gasteiger partial charge in [0, 0.05) is 36.0 Å². The van der Waals surface area contributed by atoms with E-state index in [2.05, 4.69) is 10.6 Å². The number of nitro groups is 1. The first kappa shape index (κ1) is 18.3. The zero-order valence-corrected chi connectivity index (χ0v) is 14.1. The maximum absolute atomic E-state index is 11.7. The van der Waals surface area contributed by atoms with Crippen LogP contribution in [-0.4, -0.2) is 35.1 Å². The summed E-state index contributed by atoms with van der Waals surface area (Å²) in [5.74, 6) is 0.0273. The van der Waals surface area contributed by atoms with E-state index in [4.69, 9.17) is 0 Å². The molecule has 1 aromatic carbocycles. The summed E-state index contributed by atoms with van der Waals surface area (Å²) in [6, 6.07) is 6.35. The minimum atomic E-state index is -0.461. The van der Waals surface area contributed by atoms with Gasteiger partial charge in [0.25, 0.3) is 5.69 Å². The molecule has 1 aromatic rings. The van der Waals surface area contributed by atoms with Crippen molar-refractivity contribution in [2.24, 2.45) is 0 Å². The van der Waals surface area contributed by atoms with Gasteiger partial charge in [-0.15, -0.1) is 11.8 Å². The molecule has 2 amide bonds. The lowest BCUT2D eigenvalue weighted by Crippen LogP contribution is -2.36. The highest BCUT2D eigenvalue weighted by atomic mass is 32.2. The van der Waals surface area contributed by atoms with Gasteiger partial charge in [-0.2, -0.15) is 0 Å². The fraction of sp³-hybridized carbons (Fsp3) is 0.500. The Balaban J connectivity index is 1.60. The topological polar surface area (TPSA) is 101 Å². The van der Waals surface area contributed by atoms with Gasteiger partial charge >= 0.3 is 0 Å². The molecule has 24 heavy (non-hydrogen) atoms. The van der Waals surface area contributed by atoms with E-state index in [-0.39, 0.29) is 29.7 Å². The monoisotopic (exact) mass is 351 g/mol. The molecule has 2 N–H and O–H groups in total. The van der Waals surface area contributed by atoms with Crippen LogP contribution in [-0.2, 0) is 9.59 Å². The van der Waals surface area contributed by atoms with Crippen LogP contribution in [0.25, 0.3) is 0 Å². The Labute approximate surface area is 144 Å². The third-order valence-corrected chi connectivity index (χ3v) is 4.82. The van der Waals surface area contributed by atoms with Crippen LogP contribution in [0.4, 0.5) is 5.69 Å². The number of rotatable bonds is 8. The molecule has 8 heteroatoms. The van der Waals surface area contributed by atoms with Crippen molar-refractivity contribution in [3.8, 4) is 0 Å². The normalized spacial score (nSPS) is 14.3. The summed E-state index contributed by atoms with van der Waals surface area (Å²) in [5, 5.41) is 16.2. The van der Waals surface area contributed by atoms with Crippen molar-refractivity contribution < 1.29 is 14.5 Å². The molecule has 0 atom stereocenters. The van der Waals surface area contributed by atoms with E-state index in [9.17, 15) is 19.7 Å². The Hall–Kier alpha value is -2.09. The minimum Gasteiger partial charge on any atom is -0.355 e. The highest BCUT2D eigenvalue weighted by Crippen LogP contribution is 2.21. The van der Waals surface area contributed by atoms with Crippen LogP contribution in [0.15, 0.2) is 29.2 Å². The van der Waals surface area contributed by atoms with E-state index in [0.29, 0.717) is 12.6 Å². The predicted octanol–water partition coefficient (Wildman–Crippen LogP) is 2.25. The largest absolute Gasteiger partial charge is 0.355 e. The third kappa shape index (κ3) is 6.19. The summed E-state index contributed by atoms with van der Waals surface area (Å²) < 4.78 is 0. The average molecular weight is 351 g/mol. The smallest absolute Gasteiger partial charge is 0.269 e. The summed E-state index contributed by atoms with van der Waals surface area (Å²) in [6.07, 6.45) is 4.71. The highest BCUT2D eigenvalue weighted by molar-refractivity contribution is 8.00. The van der Waals surface area contributed by atoms with E-state index >= 15 is 0 Å². The van der Waals surface area contributed by atoms with Gasteiger partial charge in [0.1, 0.15) is 0 Å². The Bertz CT molecular complexity index is 585. The van der Waals surface area contributed by atoms with Gasteiger partial charge in [-0.25, -0.2) is 0 Å². The molecule has 7 nitrogen and oxygen atoms in total. The van der Waals surface area contributed by atoms with Crippen molar-refractivity contribution in [3.63, 3.8) is 0 Å². The molecule has 0 unspecified atom stereocenters. The summed E-state index contributed by atoms with van der Waals surface area (Å²) in [5.41, 5.74) is 0.0251. The van der Waals surface area contributed by atoms with E-state index in [1.54, 1.807) is 12.1 Å². The Morgan fingerprint density at radius 1 is 1.17 bits per heavy atom. The average Bonchev–Trinajstić information content (AvgIpc) is 3.06. The second kappa shape index (κ2) is 9.27. The summed E-state index contributed by atoms with van der Waals surface area (Å²) in [4.78, 5) is 34.4. The lowest BCUT2D eigenvalue weighted by atomic mass is 10.2. The van der Waals surface area contributed by atoms with Crippen LogP contribution in [0.2, 0.25) is 0 Å². The molecule has 0 saturated heterocycles. The van der Waals surface area contributed by atoms with Crippen molar-refractivity contribution in [1.29, 1.82) is 0 Å². The fourth-order valence-electron chi connectivity index (χ4n) is 2.55. The first-order valence-electron chi connectivity index (χ1n) is 7.98. The maximum Gasteiger partial charge on any atom is 0.269 e. The SMILES string of the molecule is O=C(CSc1ccc([N+](=O)[O-])cc1)NCCC(=O)NC1CCCC1. The number of carbonyl (C=O) groups excluding carboxylic acids is 2. The first-order valence-corrected chi connectivity index (χ1v) is 8.96. The second-order valence-corrected chi connectivity index (χ2v) is 6.74. The minimum absolute atomic E-state index is 0.0229. The molecular weight excluding hydrogens is 330 g/mol. The number of amides is 2. The second-order valence-electron chi connectivity index (χ2n) is 5.69. The van der Waals surface area contributed by atoms with Crippen LogP contribution >= 0.6 is 11.8 Å². The third-order valence-electron chi connectivity index (χ3n) is 3.81. The standard InChI is InChI=1S/C16H21N3O4S/c20-15(18-12-3-1-2-4-12)9-10-17-16(21)11-24-14-7-5-13(6-8-14)19(22)23/h5-8,12H,1-4,9-11H2,(H,17,21)(H,18,20). The lowest BCUT2D eigenvalue weighted by molar-refractivity contribution is -0.384. The van der Waals surface area contributed by atoms with Gasteiger partial charge in [0.15, 0.2) is 0 Å². The van der Waals surface area contributed by atoms with Gasteiger partial charge in [0.05, 0.1) is 10.7 Å². The molecule has 0 aromatic heterocycles. The van der Waals surface area contributed by atoms with Gasteiger partial charge in [0.2, 0.25) is 11.8 Å². The predicted molar refractivity (Wildman–Crippen MR) is 91.8 cm³/mol. The van der Waals surface area contributed by atoms with Crippen molar-refractivity contribution >= 4 is 29.3 Å². The zero-order valence-electron chi connectivity index (χ0n) is 13.3. The molecule has 1 saturated carbocycles. The number of benzene rings is 1. The van der Waals surface area contributed by atoms with Gasteiger partial charge in [-0.3, -0.25) is 19.7 Å². The van der Waals surface area contributed by atoms with Crippen LogP contribution in [0.3, 0.4) is 0 Å². The molecule has 0 radical (unpaired) electrons. The lowest BCUT2D eigenvalue weighted by Gasteiger charge is -2.12. The van der Waals surface area contributed by atoms with Gasteiger partial charge in [-0.05, 0) is 25.0 Å². The number of hydrogen-bond donors (Lipinski definition) is 2. The zero-order chi connectivity index (χ0) is 17.4.